The van der Waals surface area contributed by atoms with Crippen LogP contribution in [0.25, 0.3) is 16.6 Å². The van der Waals surface area contributed by atoms with Gasteiger partial charge in [-0.25, -0.2) is 13.9 Å². The van der Waals surface area contributed by atoms with E-state index in [2.05, 4.69) is 46.6 Å². The molecule has 1 fully saturated rings. The molecule has 0 amide bonds. The summed E-state index contributed by atoms with van der Waals surface area (Å²) < 4.78 is 18.2. The highest BCUT2D eigenvalue weighted by molar-refractivity contribution is 7.99. The Labute approximate surface area is 202 Å². The van der Waals surface area contributed by atoms with Crippen LogP contribution in [0.3, 0.4) is 0 Å². The smallest absolute Gasteiger partial charge is 0.155 e. The highest BCUT2D eigenvalue weighted by Crippen LogP contribution is 2.37. The molecule has 0 unspecified atom stereocenters. The fourth-order valence-electron chi connectivity index (χ4n) is 4.77. The van der Waals surface area contributed by atoms with Gasteiger partial charge in [-0.3, -0.25) is 4.68 Å². The highest BCUT2D eigenvalue weighted by Gasteiger charge is 2.26. The summed E-state index contributed by atoms with van der Waals surface area (Å²) >= 11 is 1.20. The molecule has 1 saturated heterocycles. The minimum Gasteiger partial charge on any atom is -0.306 e. The molecule has 0 bridgehead atoms. The Morgan fingerprint density at radius 2 is 2.03 bits per heavy atom. The summed E-state index contributed by atoms with van der Waals surface area (Å²) in [4.78, 5) is 7.28. The molecule has 0 spiro atoms. The van der Waals surface area contributed by atoms with Gasteiger partial charge in [0.25, 0.3) is 0 Å². The second-order valence-electron chi connectivity index (χ2n) is 8.92. The van der Waals surface area contributed by atoms with Crippen LogP contribution >= 0.6 is 11.8 Å². The molecule has 4 aromatic heterocycles. The second-order valence-corrected chi connectivity index (χ2v) is 9.95. The number of fused-ring (bicyclic) bond motifs is 1. The standard InChI is InChI=1S/C25H26FN7S/c1-16(18-6-9-31(3)10-7-18)33-17(2)21(14-30-33)19-11-23(34-25-22(26)5-4-8-28-25)24-20(12-27)13-29-32(24)15-19/h4-5,8,11,13-16,18H,6-7,9-10H2,1-3H3/t16-/m0/s1. The van der Waals surface area contributed by atoms with Gasteiger partial charge in [-0.1, -0.05) is 11.8 Å². The number of nitrogens with zero attached hydrogens (tertiary/aromatic N) is 7. The maximum absolute atomic E-state index is 14.4. The van der Waals surface area contributed by atoms with Gasteiger partial charge in [0.1, 0.15) is 11.1 Å². The Hall–Kier alpha value is -3.22. The van der Waals surface area contributed by atoms with Gasteiger partial charge in [0.15, 0.2) is 5.82 Å². The van der Waals surface area contributed by atoms with Gasteiger partial charge in [-0.05, 0) is 70.9 Å². The van der Waals surface area contributed by atoms with E-state index in [1.165, 1.54) is 36.9 Å². The molecule has 34 heavy (non-hydrogen) atoms. The van der Waals surface area contributed by atoms with E-state index in [-0.39, 0.29) is 5.03 Å². The summed E-state index contributed by atoms with van der Waals surface area (Å²) in [6.07, 6.45) is 9.23. The lowest BCUT2D eigenvalue weighted by molar-refractivity contribution is 0.173. The van der Waals surface area contributed by atoms with Crippen LogP contribution in [0.5, 0.6) is 0 Å². The fourth-order valence-corrected chi connectivity index (χ4v) is 5.74. The number of pyridine rings is 2. The van der Waals surface area contributed by atoms with Crippen LogP contribution in [0.2, 0.25) is 0 Å². The van der Waals surface area contributed by atoms with Crippen molar-refractivity contribution in [3.63, 3.8) is 0 Å². The maximum Gasteiger partial charge on any atom is 0.155 e. The first-order valence-electron chi connectivity index (χ1n) is 11.4. The average Bonchev–Trinajstić information content (AvgIpc) is 3.44. The van der Waals surface area contributed by atoms with Crippen LogP contribution in [0, 0.1) is 30.0 Å². The second kappa shape index (κ2) is 9.20. The molecule has 1 aliphatic heterocycles. The Morgan fingerprint density at radius 3 is 2.76 bits per heavy atom. The van der Waals surface area contributed by atoms with Crippen LogP contribution in [0.4, 0.5) is 4.39 Å². The zero-order valence-electron chi connectivity index (χ0n) is 19.4. The minimum atomic E-state index is -0.398. The van der Waals surface area contributed by atoms with Crippen LogP contribution < -0.4 is 0 Å². The van der Waals surface area contributed by atoms with Crippen LogP contribution in [0.1, 0.15) is 37.1 Å². The van der Waals surface area contributed by atoms with Crippen molar-refractivity contribution in [1.29, 1.82) is 5.26 Å². The lowest BCUT2D eigenvalue weighted by Crippen LogP contribution is -2.33. The Bertz CT molecular complexity index is 1380. The first kappa shape index (κ1) is 22.6. The van der Waals surface area contributed by atoms with Crippen LogP contribution in [-0.2, 0) is 0 Å². The van der Waals surface area contributed by atoms with E-state index < -0.39 is 5.82 Å². The summed E-state index contributed by atoms with van der Waals surface area (Å²) in [7, 11) is 2.17. The van der Waals surface area contributed by atoms with Crippen molar-refractivity contribution in [2.45, 2.75) is 42.7 Å². The Kier molecular flexibility index (Phi) is 6.11. The topological polar surface area (TPSA) is 75.0 Å². The third-order valence-corrected chi connectivity index (χ3v) is 7.84. The summed E-state index contributed by atoms with van der Waals surface area (Å²) in [6, 6.07) is 7.42. The summed E-state index contributed by atoms with van der Waals surface area (Å²) in [5.41, 5.74) is 4.08. The monoisotopic (exact) mass is 475 g/mol. The number of hydrogen-bond acceptors (Lipinski definition) is 6. The van der Waals surface area contributed by atoms with E-state index in [1.807, 2.05) is 18.5 Å². The quantitative estimate of drug-likeness (QED) is 0.406. The maximum atomic E-state index is 14.4. The SMILES string of the molecule is Cc1c(-c2cc(Sc3ncccc3F)c3c(C#N)cnn3c2)cnn1[C@@H](C)C1CCN(C)CC1. The Balaban J connectivity index is 1.55. The molecule has 5 heterocycles. The molecule has 0 radical (unpaired) electrons. The van der Waals surface area contributed by atoms with Crippen LogP contribution in [-0.4, -0.2) is 49.4 Å². The number of piperidine rings is 1. The highest BCUT2D eigenvalue weighted by atomic mass is 32.2. The van der Waals surface area contributed by atoms with E-state index in [1.54, 1.807) is 16.8 Å². The molecular weight excluding hydrogens is 449 g/mol. The zero-order valence-corrected chi connectivity index (χ0v) is 20.3. The number of rotatable bonds is 5. The molecule has 0 aliphatic carbocycles. The molecule has 174 valence electrons. The molecule has 4 aromatic rings. The van der Waals surface area contributed by atoms with E-state index in [0.717, 1.165) is 34.8 Å². The molecule has 1 aliphatic rings. The lowest BCUT2D eigenvalue weighted by Gasteiger charge is -2.33. The van der Waals surface area contributed by atoms with E-state index in [9.17, 15) is 9.65 Å². The number of nitriles is 1. The third kappa shape index (κ3) is 4.08. The summed E-state index contributed by atoms with van der Waals surface area (Å²) in [5.74, 6) is 0.192. The van der Waals surface area contributed by atoms with E-state index >= 15 is 0 Å². The normalized spacial score (nSPS) is 16.1. The lowest BCUT2D eigenvalue weighted by atomic mass is 9.90. The van der Waals surface area contributed by atoms with Crippen molar-refractivity contribution < 1.29 is 4.39 Å². The van der Waals surface area contributed by atoms with Gasteiger partial charge < -0.3 is 4.90 Å². The van der Waals surface area contributed by atoms with Gasteiger partial charge >= 0.3 is 0 Å². The van der Waals surface area contributed by atoms with Crippen molar-refractivity contribution in [3.8, 4) is 17.2 Å². The molecule has 7 nitrogen and oxygen atoms in total. The predicted octanol–water partition coefficient (Wildman–Crippen LogP) is 4.97. The molecule has 0 aromatic carbocycles. The van der Waals surface area contributed by atoms with Crippen LogP contribution in [0.15, 0.2) is 52.9 Å². The number of aromatic nitrogens is 5. The first-order chi connectivity index (χ1) is 16.5. The fraction of sp³-hybridized carbons (Fsp3) is 0.360. The zero-order chi connectivity index (χ0) is 23.8. The van der Waals surface area contributed by atoms with Crippen molar-refractivity contribution in [1.82, 2.24) is 29.3 Å². The molecule has 0 saturated carbocycles. The van der Waals surface area contributed by atoms with Gasteiger partial charge in [0, 0.05) is 34.1 Å². The van der Waals surface area contributed by atoms with Gasteiger partial charge in [-0.2, -0.15) is 15.5 Å². The van der Waals surface area contributed by atoms with Gasteiger partial charge in [0.05, 0.1) is 29.5 Å². The molecular formula is C25H26FN7S. The van der Waals surface area contributed by atoms with Crippen molar-refractivity contribution >= 4 is 17.3 Å². The van der Waals surface area contributed by atoms with Crippen molar-refractivity contribution in [3.05, 3.63) is 60.1 Å². The average molecular weight is 476 g/mol. The molecule has 5 rings (SSSR count). The summed E-state index contributed by atoms with van der Waals surface area (Å²) in [5, 5.41) is 19.0. The van der Waals surface area contributed by atoms with Gasteiger partial charge in [-0.15, -0.1) is 0 Å². The van der Waals surface area contributed by atoms with E-state index in [0.29, 0.717) is 23.0 Å². The van der Waals surface area contributed by atoms with Gasteiger partial charge in [0.2, 0.25) is 0 Å². The third-order valence-electron chi connectivity index (χ3n) is 6.82. The molecule has 9 heteroatoms. The number of hydrogen-bond donors (Lipinski definition) is 0. The molecule has 0 N–H and O–H groups in total. The summed E-state index contributed by atoms with van der Waals surface area (Å²) in [6.45, 7) is 6.57. The minimum absolute atomic E-state index is 0.259. The van der Waals surface area contributed by atoms with Crippen molar-refractivity contribution in [2.75, 3.05) is 20.1 Å². The first-order valence-corrected chi connectivity index (χ1v) is 12.2. The predicted molar refractivity (Wildman–Crippen MR) is 129 cm³/mol. The van der Waals surface area contributed by atoms with E-state index in [4.69, 9.17) is 5.10 Å². The Morgan fingerprint density at radius 1 is 1.24 bits per heavy atom. The number of halogens is 1. The largest absolute Gasteiger partial charge is 0.306 e. The van der Waals surface area contributed by atoms with Crippen molar-refractivity contribution in [2.24, 2.45) is 5.92 Å². The molecule has 1 atom stereocenters. The number of likely N-dealkylation sites (tertiary alicyclic amines) is 1.